The summed E-state index contributed by atoms with van der Waals surface area (Å²) in [6, 6.07) is 15.9. The van der Waals surface area contributed by atoms with Crippen LogP contribution >= 0.6 is 0 Å². The number of carbonyl (C=O) groups excluding carboxylic acids is 2. The minimum atomic E-state index is -0.726. The molecule has 0 spiro atoms. The molecular formula is C23H22N4O4. The van der Waals surface area contributed by atoms with Crippen molar-refractivity contribution in [3.05, 3.63) is 77.6 Å². The maximum atomic E-state index is 12.6. The summed E-state index contributed by atoms with van der Waals surface area (Å²) in [5.74, 6) is 0.192. The van der Waals surface area contributed by atoms with Crippen molar-refractivity contribution in [1.82, 2.24) is 20.4 Å². The molecule has 8 heteroatoms. The van der Waals surface area contributed by atoms with Crippen LogP contribution < -0.4 is 15.4 Å². The van der Waals surface area contributed by atoms with Gasteiger partial charge in [-0.15, -0.1) is 0 Å². The largest absolute Gasteiger partial charge is 0.497 e. The van der Waals surface area contributed by atoms with Crippen LogP contribution in [0.25, 0.3) is 16.9 Å². The molecule has 2 heterocycles. The number of aromatic nitrogens is 2. The number of nitrogens with one attached hydrogen (secondary N) is 2. The number of rotatable bonds is 5. The Morgan fingerprint density at radius 2 is 1.77 bits per heavy atom. The lowest BCUT2D eigenvalue weighted by Crippen LogP contribution is -2.45. The molecule has 2 amide bonds. The number of amides is 2. The van der Waals surface area contributed by atoms with Gasteiger partial charge in [-0.3, -0.25) is 0 Å². The van der Waals surface area contributed by atoms with E-state index in [9.17, 15) is 9.59 Å². The first-order valence-corrected chi connectivity index (χ1v) is 9.68. The van der Waals surface area contributed by atoms with Gasteiger partial charge in [0.25, 0.3) is 0 Å². The maximum Gasteiger partial charge on any atom is 0.337 e. The van der Waals surface area contributed by atoms with Crippen molar-refractivity contribution in [2.45, 2.75) is 13.0 Å². The summed E-state index contributed by atoms with van der Waals surface area (Å²) in [4.78, 5) is 24.8. The number of para-hydroxylation sites is 1. The molecule has 0 unspecified atom stereocenters. The average molecular weight is 418 g/mol. The summed E-state index contributed by atoms with van der Waals surface area (Å²) in [5.41, 5.74) is 3.74. The van der Waals surface area contributed by atoms with Gasteiger partial charge in [0.2, 0.25) is 0 Å². The van der Waals surface area contributed by atoms with E-state index < -0.39 is 18.0 Å². The summed E-state index contributed by atoms with van der Waals surface area (Å²) < 4.78 is 12.0. The first-order chi connectivity index (χ1) is 15.0. The van der Waals surface area contributed by atoms with Gasteiger partial charge in [0.05, 0.1) is 37.2 Å². The van der Waals surface area contributed by atoms with Crippen molar-refractivity contribution in [2.24, 2.45) is 0 Å². The second-order valence-electron chi connectivity index (χ2n) is 7.00. The fourth-order valence-electron chi connectivity index (χ4n) is 3.59. The molecule has 158 valence electrons. The van der Waals surface area contributed by atoms with Gasteiger partial charge in [-0.25, -0.2) is 14.3 Å². The third-order valence-electron chi connectivity index (χ3n) is 5.11. The lowest BCUT2D eigenvalue weighted by atomic mass is 9.94. The van der Waals surface area contributed by atoms with Crippen molar-refractivity contribution in [2.75, 3.05) is 14.2 Å². The monoisotopic (exact) mass is 418 g/mol. The van der Waals surface area contributed by atoms with E-state index in [0.717, 1.165) is 11.3 Å². The number of urea groups is 1. The van der Waals surface area contributed by atoms with Crippen LogP contribution in [0.5, 0.6) is 5.75 Å². The van der Waals surface area contributed by atoms with Gasteiger partial charge in [0.15, 0.2) is 0 Å². The van der Waals surface area contributed by atoms with Crippen molar-refractivity contribution >= 4 is 12.0 Å². The van der Waals surface area contributed by atoms with Crippen molar-refractivity contribution in [3.63, 3.8) is 0 Å². The second-order valence-corrected chi connectivity index (χ2v) is 7.00. The Morgan fingerprint density at radius 3 is 2.42 bits per heavy atom. The fraction of sp³-hybridized carbons (Fsp3) is 0.174. The van der Waals surface area contributed by atoms with E-state index in [1.807, 2.05) is 60.8 Å². The molecule has 0 aliphatic carbocycles. The van der Waals surface area contributed by atoms with E-state index in [1.165, 1.54) is 7.11 Å². The summed E-state index contributed by atoms with van der Waals surface area (Å²) in [6.45, 7) is 1.67. The highest BCUT2D eigenvalue weighted by Gasteiger charge is 2.35. The Morgan fingerprint density at radius 1 is 1.06 bits per heavy atom. The highest BCUT2D eigenvalue weighted by molar-refractivity contribution is 5.95. The van der Waals surface area contributed by atoms with Crippen LogP contribution in [-0.2, 0) is 9.53 Å². The van der Waals surface area contributed by atoms with Crippen molar-refractivity contribution in [1.29, 1.82) is 0 Å². The fourth-order valence-corrected chi connectivity index (χ4v) is 3.59. The van der Waals surface area contributed by atoms with Crippen molar-refractivity contribution < 1.29 is 19.1 Å². The van der Waals surface area contributed by atoms with Crippen LogP contribution in [0, 0.1) is 0 Å². The number of carbonyl (C=O) groups is 2. The molecule has 2 N–H and O–H groups in total. The molecule has 0 saturated heterocycles. The SMILES string of the molecule is COC(=O)C1=C(C)NC(=O)N[C@@H]1c1cn(-c2ccccc2)nc1-c1ccc(OC)cc1. The first-order valence-electron chi connectivity index (χ1n) is 9.68. The van der Waals surface area contributed by atoms with Crippen LogP contribution in [0.15, 0.2) is 72.1 Å². The highest BCUT2D eigenvalue weighted by atomic mass is 16.5. The molecule has 8 nitrogen and oxygen atoms in total. The third kappa shape index (κ3) is 3.87. The van der Waals surface area contributed by atoms with Crippen LogP contribution in [0.1, 0.15) is 18.5 Å². The molecule has 1 aliphatic heterocycles. The molecular weight excluding hydrogens is 396 g/mol. The average Bonchev–Trinajstić information content (AvgIpc) is 3.24. The van der Waals surface area contributed by atoms with Gasteiger partial charge >= 0.3 is 12.0 Å². The van der Waals surface area contributed by atoms with E-state index in [0.29, 0.717) is 28.3 Å². The Balaban J connectivity index is 1.90. The van der Waals surface area contributed by atoms with Gasteiger partial charge in [0, 0.05) is 23.0 Å². The predicted molar refractivity (Wildman–Crippen MR) is 115 cm³/mol. The van der Waals surface area contributed by atoms with Crippen LogP contribution in [-0.4, -0.2) is 36.0 Å². The molecule has 0 bridgehead atoms. The van der Waals surface area contributed by atoms with Gasteiger partial charge in [0.1, 0.15) is 5.75 Å². The van der Waals surface area contributed by atoms with E-state index in [-0.39, 0.29) is 0 Å². The quantitative estimate of drug-likeness (QED) is 0.620. The standard InChI is InChI=1S/C23H22N4O4/c1-14-19(22(28)31-3)21(25-23(29)24-14)18-13-27(16-7-5-4-6-8-16)26-20(18)15-9-11-17(30-2)12-10-15/h4-13,21H,1-3H3,(H2,24,25,29)/t21-/m1/s1. The van der Waals surface area contributed by atoms with E-state index in [4.69, 9.17) is 14.6 Å². The Kier molecular flexibility index (Phi) is 5.44. The molecule has 0 saturated carbocycles. The summed E-state index contributed by atoms with van der Waals surface area (Å²) in [7, 11) is 2.92. The molecule has 2 aromatic carbocycles. The zero-order valence-corrected chi connectivity index (χ0v) is 17.4. The second kappa shape index (κ2) is 8.35. The normalized spacial score (nSPS) is 15.8. The lowest BCUT2D eigenvalue weighted by molar-refractivity contribution is -0.136. The number of esters is 1. The summed E-state index contributed by atoms with van der Waals surface area (Å²) in [6.07, 6.45) is 1.82. The smallest absolute Gasteiger partial charge is 0.337 e. The number of allylic oxidation sites excluding steroid dienone is 1. The number of benzene rings is 2. The van der Waals surface area contributed by atoms with Crippen LogP contribution in [0.2, 0.25) is 0 Å². The molecule has 3 aromatic rings. The molecule has 0 fully saturated rings. The number of hydrogen-bond donors (Lipinski definition) is 2. The topological polar surface area (TPSA) is 94.5 Å². The summed E-state index contributed by atoms with van der Waals surface area (Å²) >= 11 is 0. The minimum Gasteiger partial charge on any atom is -0.497 e. The zero-order chi connectivity index (χ0) is 22.0. The highest BCUT2D eigenvalue weighted by Crippen LogP contribution is 2.35. The van der Waals surface area contributed by atoms with Gasteiger partial charge in [-0.1, -0.05) is 18.2 Å². The number of ether oxygens (including phenoxy) is 2. The van der Waals surface area contributed by atoms with E-state index in [1.54, 1.807) is 18.7 Å². The van der Waals surface area contributed by atoms with Crippen LogP contribution in [0.4, 0.5) is 4.79 Å². The van der Waals surface area contributed by atoms with Gasteiger partial charge in [-0.05, 0) is 43.3 Å². The Bertz CT molecular complexity index is 1150. The molecule has 0 radical (unpaired) electrons. The van der Waals surface area contributed by atoms with Crippen LogP contribution in [0.3, 0.4) is 0 Å². The number of methoxy groups -OCH3 is 2. The van der Waals surface area contributed by atoms with Gasteiger partial charge in [-0.2, -0.15) is 5.10 Å². The predicted octanol–water partition coefficient (Wildman–Crippen LogP) is 3.35. The minimum absolute atomic E-state index is 0.324. The molecule has 4 rings (SSSR count). The van der Waals surface area contributed by atoms with Gasteiger partial charge < -0.3 is 20.1 Å². The maximum absolute atomic E-state index is 12.6. The number of hydrogen-bond acceptors (Lipinski definition) is 5. The molecule has 1 atom stereocenters. The van der Waals surface area contributed by atoms with E-state index in [2.05, 4.69) is 10.6 Å². The zero-order valence-electron chi connectivity index (χ0n) is 17.4. The molecule has 31 heavy (non-hydrogen) atoms. The first kappa shape index (κ1) is 20.2. The molecule has 1 aromatic heterocycles. The van der Waals surface area contributed by atoms with Crippen molar-refractivity contribution in [3.8, 4) is 22.7 Å². The molecule has 1 aliphatic rings. The summed E-state index contributed by atoms with van der Waals surface area (Å²) in [5, 5.41) is 10.3. The Hall–Kier alpha value is -4.07. The Labute approximate surface area is 179 Å². The third-order valence-corrected chi connectivity index (χ3v) is 5.11. The number of nitrogens with zero attached hydrogens (tertiary/aromatic N) is 2. The lowest BCUT2D eigenvalue weighted by Gasteiger charge is -2.27. The van der Waals surface area contributed by atoms with E-state index >= 15 is 0 Å².